The third kappa shape index (κ3) is 3.44. The zero-order valence-electron chi connectivity index (χ0n) is 13.4. The van der Waals surface area contributed by atoms with Crippen molar-refractivity contribution in [2.45, 2.75) is 6.54 Å². The van der Waals surface area contributed by atoms with Gasteiger partial charge in [0.15, 0.2) is 5.69 Å². The number of anilines is 2. The fourth-order valence-electron chi connectivity index (χ4n) is 2.72. The Labute approximate surface area is 136 Å². The van der Waals surface area contributed by atoms with E-state index in [0.717, 1.165) is 22.4 Å². The lowest BCUT2D eigenvalue weighted by molar-refractivity contribution is -0.496. The average Bonchev–Trinajstić information content (AvgIpc) is 2.59. The van der Waals surface area contributed by atoms with Crippen LogP contribution < -0.4 is 15.7 Å². The summed E-state index contributed by atoms with van der Waals surface area (Å²) in [5.74, 6) is 0. The molecule has 0 spiro atoms. The van der Waals surface area contributed by atoms with Crippen molar-refractivity contribution in [3.05, 3.63) is 71.4 Å². The first-order valence-corrected chi connectivity index (χ1v) is 7.65. The van der Waals surface area contributed by atoms with E-state index in [0.29, 0.717) is 12.2 Å². The summed E-state index contributed by atoms with van der Waals surface area (Å²) in [5, 5.41) is 17.1. The maximum Gasteiger partial charge on any atom is 0.153 e. The lowest BCUT2D eigenvalue weighted by Gasteiger charge is -2.17. The SMILES string of the molecule is CN(C)c1ccc(CNc2ccc3ccccc3c2)cc1[NH2+][O-]. The van der Waals surface area contributed by atoms with Crippen molar-refractivity contribution in [1.82, 2.24) is 0 Å². The second-order valence-electron chi connectivity index (χ2n) is 5.82. The van der Waals surface area contributed by atoms with Crippen LogP contribution in [0.1, 0.15) is 5.56 Å². The number of benzene rings is 3. The number of nitrogens with two attached hydrogens (primary N) is 1. The number of rotatable bonds is 5. The van der Waals surface area contributed by atoms with Gasteiger partial charge in [-0.15, -0.1) is 0 Å². The molecule has 0 amide bonds. The van der Waals surface area contributed by atoms with Crippen molar-refractivity contribution >= 4 is 27.8 Å². The fraction of sp³-hybridized carbons (Fsp3) is 0.158. The van der Waals surface area contributed by atoms with Crippen LogP contribution in [-0.4, -0.2) is 14.1 Å². The van der Waals surface area contributed by atoms with Crippen LogP contribution in [0.4, 0.5) is 17.1 Å². The van der Waals surface area contributed by atoms with Gasteiger partial charge in [-0.1, -0.05) is 36.4 Å². The summed E-state index contributed by atoms with van der Waals surface area (Å²) in [7, 11) is 3.88. The van der Waals surface area contributed by atoms with Crippen LogP contribution in [0.5, 0.6) is 0 Å². The zero-order chi connectivity index (χ0) is 16.2. The molecule has 4 heteroatoms. The predicted molar refractivity (Wildman–Crippen MR) is 97.0 cm³/mol. The quantitative estimate of drug-likeness (QED) is 0.562. The van der Waals surface area contributed by atoms with Crippen LogP contribution in [0.3, 0.4) is 0 Å². The van der Waals surface area contributed by atoms with Crippen LogP contribution >= 0.6 is 0 Å². The number of nitrogens with zero attached hydrogens (tertiary/aromatic N) is 1. The molecule has 3 rings (SSSR count). The third-order valence-corrected chi connectivity index (χ3v) is 3.95. The number of hydrogen-bond donors (Lipinski definition) is 2. The summed E-state index contributed by atoms with van der Waals surface area (Å²) in [5.41, 5.74) is 4.73. The Bertz CT molecular complexity index is 815. The number of nitrogens with one attached hydrogen (secondary N) is 1. The van der Waals surface area contributed by atoms with E-state index in [1.807, 2.05) is 43.3 Å². The lowest BCUT2D eigenvalue weighted by Crippen LogP contribution is -2.70. The molecule has 0 saturated heterocycles. The van der Waals surface area contributed by atoms with Crippen molar-refractivity contribution in [2.75, 3.05) is 24.3 Å². The Kier molecular flexibility index (Phi) is 4.46. The summed E-state index contributed by atoms with van der Waals surface area (Å²) >= 11 is 0. The monoisotopic (exact) mass is 307 g/mol. The van der Waals surface area contributed by atoms with Gasteiger partial charge < -0.3 is 20.9 Å². The Hall–Kier alpha value is -2.56. The van der Waals surface area contributed by atoms with E-state index in [1.54, 1.807) is 0 Å². The standard InChI is InChI=1S/C19H21N3O/c1-22(2)19-10-7-14(11-18(19)21-23)13-20-17-9-8-15-5-3-4-6-16(15)12-17/h3-12,20H,13,21H2,1-2H3. The maximum atomic E-state index is 11.3. The van der Waals surface area contributed by atoms with Crippen LogP contribution in [0.25, 0.3) is 10.8 Å². The molecule has 0 aliphatic heterocycles. The van der Waals surface area contributed by atoms with Crippen LogP contribution in [-0.2, 0) is 6.54 Å². The molecule has 0 atom stereocenters. The van der Waals surface area contributed by atoms with Crippen molar-refractivity contribution in [1.29, 1.82) is 0 Å². The Morgan fingerprint density at radius 3 is 2.48 bits per heavy atom. The highest BCUT2D eigenvalue weighted by Crippen LogP contribution is 2.23. The highest BCUT2D eigenvalue weighted by atomic mass is 16.5. The van der Waals surface area contributed by atoms with Crippen LogP contribution in [0.15, 0.2) is 60.7 Å². The van der Waals surface area contributed by atoms with Gasteiger partial charge in [0.2, 0.25) is 0 Å². The molecule has 0 radical (unpaired) electrons. The molecule has 0 heterocycles. The minimum atomic E-state index is 0.687. The smallest absolute Gasteiger partial charge is 0.153 e. The molecule has 0 aliphatic rings. The summed E-state index contributed by atoms with van der Waals surface area (Å²) in [4.78, 5) is 1.95. The molecule has 23 heavy (non-hydrogen) atoms. The van der Waals surface area contributed by atoms with Gasteiger partial charge in [0.05, 0.1) is 5.69 Å². The maximum absolute atomic E-state index is 11.3. The first-order chi connectivity index (χ1) is 11.2. The molecule has 118 valence electrons. The molecular weight excluding hydrogens is 286 g/mol. The van der Waals surface area contributed by atoms with E-state index in [9.17, 15) is 5.21 Å². The van der Waals surface area contributed by atoms with Gasteiger partial charge in [-0.3, -0.25) is 0 Å². The first kappa shape index (κ1) is 15.3. The van der Waals surface area contributed by atoms with Crippen LogP contribution in [0.2, 0.25) is 0 Å². The zero-order valence-corrected chi connectivity index (χ0v) is 13.4. The van der Waals surface area contributed by atoms with Gasteiger partial charge in [0.25, 0.3) is 0 Å². The van der Waals surface area contributed by atoms with Crippen molar-refractivity contribution in [3.8, 4) is 0 Å². The molecule has 0 aliphatic carbocycles. The summed E-state index contributed by atoms with van der Waals surface area (Å²) in [6.07, 6.45) is 0. The van der Waals surface area contributed by atoms with Crippen molar-refractivity contribution < 1.29 is 5.48 Å². The minimum absolute atomic E-state index is 0.687. The topological polar surface area (TPSA) is 54.9 Å². The minimum Gasteiger partial charge on any atom is -0.630 e. The Balaban J connectivity index is 1.76. The summed E-state index contributed by atoms with van der Waals surface area (Å²) < 4.78 is 0. The van der Waals surface area contributed by atoms with Crippen LogP contribution in [0, 0.1) is 5.21 Å². The summed E-state index contributed by atoms with van der Waals surface area (Å²) in [6, 6.07) is 20.6. The fourth-order valence-corrected chi connectivity index (χ4v) is 2.72. The number of hydrogen-bond acceptors (Lipinski definition) is 3. The molecule has 0 unspecified atom stereocenters. The van der Waals surface area contributed by atoms with Gasteiger partial charge in [0.1, 0.15) is 0 Å². The van der Waals surface area contributed by atoms with Gasteiger partial charge in [-0.2, -0.15) is 0 Å². The van der Waals surface area contributed by atoms with Gasteiger partial charge >= 0.3 is 0 Å². The lowest BCUT2D eigenvalue weighted by atomic mass is 10.1. The number of quaternary nitrogens is 1. The molecule has 3 aromatic rings. The van der Waals surface area contributed by atoms with E-state index in [2.05, 4.69) is 41.7 Å². The Morgan fingerprint density at radius 2 is 1.74 bits per heavy atom. The summed E-state index contributed by atoms with van der Waals surface area (Å²) in [6.45, 7) is 0.687. The van der Waals surface area contributed by atoms with E-state index < -0.39 is 0 Å². The highest BCUT2D eigenvalue weighted by Gasteiger charge is 2.07. The largest absolute Gasteiger partial charge is 0.630 e. The Morgan fingerprint density at radius 1 is 0.957 bits per heavy atom. The third-order valence-electron chi connectivity index (χ3n) is 3.95. The van der Waals surface area contributed by atoms with Gasteiger partial charge in [0, 0.05) is 32.4 Å². The average molecular weight is 307 g/mol. The molecule has 0 aromatic heterocycles. The molecule has 0 saturated carbocycles. The van der Waals surface area contributed by atoms with E-state index in [4.69, 9.17) is 0 Å². The van der Waals surface area contributed by atoms with Gasteiger partial charge in [-0.05, 0) is 34.5 Å². The second-order valence-corrected chi connectivity index (χ2v) is 5.82. The predicted octanol–water partition coefficient (Wildman–Crippen LogP) is 3.21. The normalized spacial score (nSPS) is 10.7. The molecule has 0 fully saturated rings. The molecular formula is C19H21N3O. The van der Waals surface area contributed by atoms with Gasteiger partial charge in [-0.25, -0.2) is 0 Å². The van der Waals surface area contributed by atoms with E-state index in [1.165, 1.54) is 10.8 Å². The molecule has 0 bridgehead atoms. The highest BCUT2D eigenvalue weighted by molar-refractivity contribution is 5.85. The molecule has 4 nitrogen and oxygen atoms in total. The number of fused-ring (bicyclic) bond motifs is 1. The van der Waals surface area contributed by atoms with E-state index in [-0.39, 0.29) is 0 Å². The molecule has 3 aromatic carbocycles. The van der Waals surface area contributed by atoms with Crippen molar-refractivity contribution in [3.63, 3.8) is 0 Å². The van der Waals surface area contributed by atoms with E-state index >= 15 is 0 Å². The first-order valence-electron chi connectivity index (χ1n) is 7.65. The second kappa shape index (κ2) is 6.69. The van der Waals surface area contributed by atoms with Crippen molar-refractivity contribution in [2.24, 2.45) is 0 Å². The molecule has 3 N–H and O–H groups in total.